The number of ketones is 1. The van der Waals surface area contributed by atoms with Crippen LogP contribution >= 0.6 is 0 Å². The minimum atomic E-state index is -0.412. The average Bonchev–Trinajstić information content (AvgIpc) is 2.82. The van der Waals surface area contributed by atoms with Crippen molar-refractivity contribution in [3.8, 4) is 0 Å². The van der Waals surface area contributed by atoms with Gasteiger partial charge in [-0.15, -0.1) is 0 Å². The third-order valence-corrected chi connectivity index (χ3v) is 4.14. The van der Waals surface area contributed by atoms with Crippen LogP contribution < -0.4 is 16.0 Å². The van der Waals surface area contributed by atoms with Crippen molar-refractivity contribution < 1.29 is 14.4 Å². The molecule has 0 unspecified atom stereocenters. The summed E-state index contributed by atoms with van der Waals surface area (Å²) in [6.07, 6.45) is 7.82. The summed E-state index contributed by atoms with van der Waals surface area (Å²) in [6, 6.07) is 14.9. The van der Waals surface area contributed by atoms with E-state index in [2.05, 4.69) is 25.9 Å². The van der Waals surface area contributed by atoms with Crippen LogP contribution in [0, 0.1) is 0 Å². The van der Waals surface area contributed by atoms with E-state index in [1.165, 1.54) is 12.3 Å². The highest BCUT2D eigenvalue weighted by atomic mass is 16.2. The zero-order chi connectivity index (χ0) is 21.9. The van der Waals surface area contributed by atoms with Gasteiger partial charge in [-0.3, -0.25) is 19.6 Å². The molecule has 156 valence electrons. The lowest BCUT2D eigenvalue weighted by Crippen LogP contribution is -2.36. The molecule has 0 saturated carbocycles. The van der Waals surface area contributed by atoms with Crippen LogP contribution in [-0.2, 0) is 0 Å². The second-order valence-corrected chi connectivity index (χ2v) is 6.41. The van der Waals surface area contributed by atoms with Gasteiger partial charge in [0.25, 0.3) is 5.91 Å². The summed E-state index contributed by atoms with van der Waals surface area (Å²) in [5.41, 5.74) is 2.19. The lowest BCUT2D eigenvalue weighted by molar-refractivity contribution is 0.0953. The summed E-state index contributed by atoms with van der Waals surface area (Å²) in [7, 11) is 0. The van der Waals surface area contributed by atoms with Gasteiger partial charge in [0, 0.05) is 42.9 Å². The molecule has 0 aliphatic heterocycles. The molecule has 0 atom stereocenters. The fourth-order valence-corrected chi connectivity index (χ4v) is 2.58. The molecule has 2 heterocycles. The second kappa shape index (κ2) is 11.0. The van der Waals surface area contributed by atoms with E-state index >= 15 is 0 Å². The zero-order valence-corrected chi connectivity index (χ0v) is 16.6. The molecule has 3 N–H and O–H groups in total. The van der Waals surface area contributed by atoms with Crippen LogP contribution in [0.2, 0.25) is 0 Å². The molecule has 0 saturated heterocycles. The van der Waals surface area contributed by atoms with Crippen molar-refractivity contribution in [3.63, 3.8) is 0 Å². The van der Waals surface area contributed by atoms with Crippen molar-refractivity contribution in [2.24, 2.45) is 0 Å². The Hall–Kier alpha value is -4.33. The largest absolute Gasteiger partial charge is 0.350 e. The molecule has 0 fully saturated rings. The van der Waals surface area contributed by atoms with Crippen LogP contribution in [-0.4, -0.2) is 40.8 Å². The predicted octanol–water partition coefficient (Wildman–Crippen LogP) is 2.92. The summed E-state index contributed by atoms with van der Waals surface area (Å²) < 4.78 is 0. The summed E-state index contributed by atoms with van der Waals surface area (Å²) >= 11 is 0. The predicted molar refractivity (Wildman–Crippen MR) is 118 cm³/mol. The van der Waals surface area contributed by atoms with Gasteiger partial charge in [-0.2, -0.15) is 0 Å². The normalized spacial score (nSPS) is 10.5. The number of anilines is 1. The van der Waals surface area contributed by atoms with Crippen LogP contribution in [0.1, 0.15) is 26.4 Å². The summed E-state index contributed by atoms with van der Waals surface area (Å²) in [5.74, 6) is -0.418. The Morgan fingerprint density at radius 2 is 1.65 bits per heavy atom. The Morgan fingerprint density at radius 1 is 0.839 bits per heavy atom. The maximum Gasteiger partial charge on any atom is 0.319 e. The van der Waals surface area contributed by atoms with Gasteiger partial charge in [-0.25, -0.2) is 4.79 Å². The molecule has 2 aromatic heterocycles. The monoisotopic (exact) mass is 415 g/mol. The van der Waals surface area contributed by atoms with Gasteiger partial charge >= 0.3 is 6.03 Å². The first-order valence-electron chi connectivity index (χ1n) is 9.58. The molecule has 8 nitrogen and oxygen atoms in total. The first-order chi connectivity index (χ1) is 15.1. The third kappa shape index (κ3) is 6.90. The minimum Gasteiger partial charge on any atom is -0.350 e. The van der Waals surface area contributed by atoms with Gasteiger partial charge in [0.15, 0.2) is 5.78 Å². The van der Waals surface area contributed by atoms with Crippen molar-refractivity contribution in [3.05, 3.63) is 96.1 Å². The number of benzene rings is 1. The van der Waals surface area contributed by atoms with E-state index in [1.54, 1.807) is 67.0 Å². The molecule has 3 rings (SSSR count). The van der Waals surface area contributed by atoms with E-state index in [4.69, 9.17) is 0 Å². The van der Waals surface area contributed by atoms with E-state index < -0.39 is 6.03 Å². The molecule has 31 heavy (non-hydrogen) atoms. The van der Waals surface area contributed by atoms with E-state index in [-0.39, 0.29) is 24.8 Å². The summed E-state index contributed by atoms with van der Waals surface area (Å²) in [6.45, 7) is 0.532. The third-order valence-electron chi connectivity index (χ3n) is 4.14. The first-order valence-corrected chi connectivity index (χ1v) is 9.58. The highest BCUT2D eigenvalue weighted by Gasteiger charge is 2.06. The molecule has 0 aliphatic carbocycles. The van der Waals surface area contributed by atoms with Gasteiger partial charge in [-0.1, -0.05) is 6.07 Å². The summed E-state index contributed by atoms with van der Waals surface area (Å²) in [5, 5.41) is 8.01. The van der Waals surface area contributed by atoms with Gasteiger partial charge in [0.2, 0.25) is 0 Å². The number of nitrogens with one attached hydrogen (secondary N) is 3. The molecule has 0 bridgehead atoms. The number of carbonyl (C=O) groups excluding carboxylic acids is 3. The molecular weight excluding hydrogens is 394 g/mol. The topological polar surface area (TPSA) is 113 Å². The number of carbonyl (C=O) groups is 3. The number of pyridine rings is 2. The van der Waals surface area contributed by atoms with Gasteiger partial charge in [0.05, 0.1) is 11.3 Å². The van der Waals surface area contributed by atoms with Crippen LogP contribution in [0.4, 0.5) is 10.5 Å². The average molecular weight is 415 g/mol. The van der Waals surface area contributed by atoms with E-state index in [1.807, 2.05) is 6.07 Å². The fraction of sp³-hybridized carbons (Fsp3) is 0.0870. The van der Waals surface area contributed by atoms with Crippen molar-refractivity contribution in [2.45, 2.75) is 0 Å². The lowest BCUT2D eigenvalue weighted by Gasteiger charge is -2.09. The zero-order valence-electron chi connectivity index (χ0n) is 16.6. The first kappa shape index (κ1) is 21.4. The van der Waals surface area contributed by atoms with E-state index in [0.29, 0.717) is 22.5 Å². The second-order valence-electron chi connectivity index (χ2n) is 6.41. The number of allylic oxidation sites excluding steroid dienone is 1. The lowest BCUT2D eigenvalue weighted by atomic mass is 10.1. The highest BCUT2D eigenvalue weighted by molar-refractivity contribution is 6.07. The number of amides is 3. The fourth-order valence-electron chi connectivity index (χ4n) is 2.58. The van der Waals surface area contributed by atoms with Crippen LogP contribution in [0.25, 0.3) is 6.08 Å². The molecule has 3 aromatic rings. The van der Waals surface area contributed by atoms with Gasteiger partial charge in [-0.05, 0) is 60.7 Å². The Balaban J connectivity index is 1.41. The molecule has 3 amide bonds. The Kier molecular flexibility index (Phi) is 7.59. The molecule has 8 heteroatoms. The minimum absolute atomic E-state index is 0.161. The van der Waals surface area contributed by atoms with E-state index in [0.717, 1.165) is 0 Å². The Labute approximate surface area is 179 Å². The van der Waals surface area contributed by atoms with E-state index in [9.17, 15) is 14.4 Å². The molecule has 0 radical (unpaired) electrons. The number of hydrogen-bond donors (Lipinski definition) is 3. The van der Waals surface area contributed by atoms with Crippen LogP contribution in [0.15, 0.2) is 79.3 Å². The van der Waals surface area contributed by atoms with Crippen molar-refractivity contribution in [1.82, 2.24) is 20.6 Å². The number of nitrogens with zero attached hydrogens (tertiary/aromatic N) is 2. The SMILES string of the molecule is O=C(NCCNC(=O)c1cccnc1)Nc1ccc(C(=O)/C=C/c2ccccn2)cc1. The molecule has 0 spiro atoms. The number of rotatable bonds is 8. The smallest absolute Gasteiger partial charge is 0.319 e. The van der Waals surface area contributed by atoms with Crippen LogP contribution in [0.5, 0.6) is 0 Å². The maximum atomic E-state index is 12.2. The maximum absolute atomic E-state index is 12.2. The molecule has 0 aliphatic rings. The van der Waals surface area contributed by atoms with Gasteiger partial charge < -0.3 is 16.0 Å². The van der Waals surface area contributed by atoms with Crippen molar-refractivity contribution in [1.29, 1.82) is 0 Å². The number of hydrogen-bond acceptors (Lipinski definition) is 5. The van der Waals surface area contributed by atoms with Crippen molar-refractivity contribution in [2.75, 3.05) is 18.4 Å². The van der Waals surface area contributed by atoms with Crippen molar-refractivity contribution >= 4 is 29.5 Å². The van der Waals surface area contributed by atoms with Gasteiger partial charge in [0.1, 0.15) is 0 Å². The number of urea groups is 1. The summed E-state index contributed by atoms with van der Waals surface area (Å²) in [4.78, 5) is 44.1. The Morgan fingerprint density at radius 3 is 2.35 bits per heavy atom. The molecular formula is C23H21N5O3. The highest BCUT2D eigenvalue weighted by Crippen LogP contribution is 2.11. The quantitative estimate of drug-likeness (QED) is 0.297. The Bertz CT molecular complexity index is 1050. The standard InChI is InChI=1S/C23H21N5O3/c29-21(11-10-19-5-1-2-13-25-19)17-6-8-20(9-7-17)28-23(31)27-15-14-26-22(30)18-4-3-12-24-16-18/h1-13,16H,14-15H2,(H,26,30)(H2,27,28,31)/b11-10+. The number of aromatic nitrogens is 2. The van der Waals surface area contributed by atoms with Crippen LogP contribution in [0.3, 0.4) is 0 Å². The molecule has 1 aromatic carbocycles.